The second-order valence-corrected chi connectivity index (χ2v) is 7.37. The maximum atomic E-state index is 12.3. The highest BCUT2D eigenvalue weighted by atomic mass is 79.9. The molecule has 1 fully saturated rings. The smallest absolute Gasteiger partial charge is 0.226 e. The molecule has 1 aromatic carbocycles. The van der Waals surface area contributed by atoms with Crippen LogP contribution in [-0.4, -0.2) is 33.6 Å². The predicted molar refractivity (Wildman–Crippen MR) is 111 cm³/mol. The molecule has 3 heterocycles. The Morgan fingerprint density at radius 3 is 2.70 bits per heavy atom. The SMILES string of the molecule is CC.O=C(NCc1ccc(Cl)cc1)C1CN(c2ncnn3cc(Br)cc23)C1. The van der Waals surface area contributed by atoms with Crippen molar-refractivity contribution in [2.75, 3.05) is 18.0 Å². The van der Waals surface area contributed by atoms with Crippen LogP contribution in [0.2, 0.25) is 5.02 Å². The van der Waals surface area contributed by atoms with Crippen LogP contribution in [0.4, 0.5) is 5.82 Å². The highest BCUT2D eigenvalue weighted by Crippen LogP contribution is 2.28. The van der Waals surface area contributed by atoms with Crippen molar-refractivity contribution in [1.29, 1.82) is 0 Å². The van der Waals surface area contributed by atoms with Crippen LogP contribution in [0, 0.1) is 5.92 Å². The topological polar surface area (TPSA) is 62.5 Å². The quantitative estimate of drug-likeness (QED) is 0.654. The van der Waals surface area contributed by atoms with Gasteiger partial charge in [-0.25, -0.2) is 9.50 Å². The third-order valence-electron chi connectivity index (χ3n) is 4.28. The average molecular weight is 451 g/mol. The Balaban J connectivity index is 0.00000102. The molecule has 1 aliphatic rings. The molecule has 27 heavy (non-hydrogen) atoms. The van der Waals surface area contributed by atoms with Crippen molar-refractivity contribution in [3.05, 3.63) is 57.9 Å². The largest absolute Gasteiger partial charge is 0.353 e. The van der Waals surface area contributed by atoms with E-state index in [4.69, 9.17) is 11.6 Å². The molecule has 0 bridgehead atoms. The van der Waals surface area contributed by atoms with Gasteiger partial charge in [-0.15, -0.1) is 0 Å². The van der Waals surface area contributed by atoms with Crippen LogP contribution in [0.3, 0.4) is 0 Å². The van der Waals surface area contributed by atoms with Crippen molar-refractivity contribution in [3.63, 3.8) is 0 Å². The first-order valence-corrected chi connectivity index (χ1v) is 10.0. The monoisotopic (exact) mass is 449 g/mol. The van der Waals surface area contributed by atoms with Crippen LogP contribution in [0.5, 0.6) is 0 Å². The van der Waals surface area contributed by atoms with Crippen LogP contribution in [0.1, 0.15) is 19.4 Å². The molecule has 1 amide bonds. The van der Waals surface area contributed by atoms with Crippen LogP contribution >= 0.6 is 27.5 Å². The van der Waals surface area contributed by atoms with Gasteiger partial charge in [-0.2, -0.15) is 5.10 Å². The molecular formula is C19H21BrClN5O. The number of anilines is 1. The summed E-state index contributed by atoms with van der Waals surface area (Å²) in [6.07, 6.45) is 3.42. The van der Waals surface area contributed by atoms with Crippen molar-refractivity contribution in [1.82, 2.24) is 19.9 Å². The molecular weight excluding hydrogens is 430 g/mol. The molecule has 4 rings (SSSR count). The first kappa shape index (κ1) is 19.6. The number of halogens is 2. The number of hydrogen-bond acceptors (Lipinski definition) is 4. The number of benzene rings is 1. The minimum Gasteiger partial charge on any atom is -0.353 e. The zero-order valence-electron chi connectivity index (χ0n) is 15.2. The second kappa shape index (κ2) is 8.71. The summed E-state index contributed by atoms with van der Waals surface area (Å²) < 4.78 is 2.73. The number of nitrogens with one attached hydrogen (secondary N) is 1. The fourth-order valence-corrected chi connectivity index (χ4v) is 3.42. The van der Waals surface area contributed by atoms with E-state index in [1.54, 1.807) is 4.52 Å². The zero-order chi connectivity index (χ0) is 19.4. The molecule has 0 unspecified atom stereocenters. The molecule has 3 aromatic rings. The van der Waals surface area contributed by atoms with Gasteiger partial charge in [0.2, 0.25) is 5.91 Å². The van der Waals surface area contributed by atoms with E-state index in [0.29, 0.717) is 24.7 Å². The van der Waals surface area contributed by atoms with Gasteiger partial charge in [0.15, 0.2) is 5.82 Å². The van der Waals surface area contributed by atoms with E-state index in [1.807, 2.05) is 50.4 Å². The van der Waals surface area contributed by atoms with Crippen LogP contribution in [0.25, 0.3) is 5.52 Å². The number of aromatic nitrogens is 3. The number of fused-ring (bicyclic) bond motifs is 1. The Bertz CT molecular complexity index is 921. The van der Waals surface area contributed by atoms with Gasteiger partial charge >= 0.3 is 0 Å². The zero-order valence-corrected chi connectivity index (χ0v) is 17.5. The summed E-state index contributed by atoms with van der Waals surface area (Å²) >= 11 is 9.32. The summed E-state index contributed by atoms with van der Waals surface area (Å²) in [6, 6.07) is 9.45. The molecule has 1 saturated heterocycles. The molecule has 2 aromatic heterocycles. The summed E-state index contributed by atoms with van der Waals surface area (Å²) in [5.74, 6) is 0.885. The maximum Gasteiger partial charge on any atom is 0.226 e. The van der Waals surface area contributed by atoms with Crippen LogP contribution < -0.4 is 10.2 Å². The van der Waals surface area contributed by atoms with E-state index in [9.17, 15) is 4.79 Å². The van der Waals surface area contributed by atoms with E-state index in [1.165, 1.54) is 6.33 Å². The lowest BCUT2D eigenvalue weighted by Gasteiger charge is -2.39. The van der Waals surface area contributed by atoms with E-state index < -0.39 is 0 Å². The third-order valence-corrected chi connectivity index (χ3v) is 4.97. The van der Waals surface area contributed by atoms with Crippen LogP contribution in [-0.2, 0) is 11.3 Å². The highest BCUT2D eigenvalue weighted by Gasteiger charge is 2.34. The van der Waals surface area contributed by atoms with Gasteiger partial charge in [0.05, 0.1) is 5.92 Å². The van der Waals surface area contributed by atoms with Gasteiger partial charge in [-0.05, 0) is 39.7 Å². The molecule has 0 saturated carbocycles. The summed E-state index contributed by atoms with van der Waals surface area (Å²) in [6.45, 7) is 5.82. The highest BCUT2D eigenvalue weighted by molar-refractivity contribution is 9.10. The van der Waals surface area contributed by atoms with Gasteiger partial charge < -0.3 is 10.2 Å². The Hall–Kier alpha value is -2.12. The molecule has 0 aliphatic carbocycles. The fraction of sp³-hybridized carbons (Fsp3) is 0.316. The third kappa shape index (κ3) is 4.42. The number of rotatable bonds is 4. The number of amides is 1. The standard InChI is InChI=1S/C17H15BrClN5O.C2H6/c18-13-5-15-16(21-10-22-24(15)9-13)23-7-12(8-23)17(25)20-6-11-1-3-14(19)4-2-11;1-2/h1-5,9-10,12H,6-8H2,(H,20,25);1-2H3. The summed E-state index contributed by atoms with van der Waals surface area (Å²) in [5, 5.41) is 7.86. The van der Waals surface area contributed by atoms with Crippen molar-refractivity contribution < 1.29 is 4.79 Å². The lowest BCUT2D eigenvalue weighted by atomic mass is 9.99. The average Bonchev–Trinajstić information content (AvgIpc) is 3.03. The van der Waals surface area contributed by atoms with E-state index in [2.05, 4.69) is 36.2 Å². The van der Waals surface area contributed by atoms with E-state index in [-0.39, 0.29) is 11.8 Å². The molecule has 0 atom stereocenters. The minimum atomic E-state index is -0.0271. The molecule has 0 radical (unpaired) electrons. The molecule has 6 nitrogen and oxygen atoms in total. The maximum absolute atomic E-state index is 12.3. The summed E-state index contributed by atoms with van der Waals surface area (Å²) in [4.78, 5) is 18.8. The van der Waals surface area contributed by atoms with E-state index >= 15 is 0 Å². The lowest BCUT2D eigenvalue weighted by Crippen LogP contribution is -2.54. The van der Waals surface area contributed by atoms with Crippen molar-refractivity contribution in [3.8, 4) is 0 Å². The van der Waals surface area contributed by atoms with Gasteiger partial charge in [-0.3, -0.25) is 4.79 Å². The molecule has 8 heteroatoms. The number of carbonyl (C=O) groups excluding carboxylic acids is 1. The first-order chi connectivity index (χ1) is 13.1. The van der Waals surface area contributed by atoms with Crippen molar-refractivity contribution >= 4 is 44.8 Å². The van der Waals surface area contributed by atoms with Gasteiger partial charge in [-0.1, -0.05) is 37.6 Å². The Labute approximate surface area is 171 Å². The molecule has 0 spiro atoms. The van der Waals surface area contributed by atoms with Gasteiger partial charge in [0.25, 0.3) is 0 Å². The fourth-order valence-electron chi connectivity index (χ4n) is 2.88. The predicted octanol–water partition coefficient (Wildman–Crippen LogP) is 3.92. The molecule has 1 N–H and O–H groups in total. The van der Waals surface area contributed by atoms with E-state index in [0.717, 1.165) is 21.4 Å². The van der Waals surface area contributed by atoms with Gasteiger partial charge in [0, 0.05) is 35.3 Å². The number of hydrogen-bond donors (Lipinski definition) is 1. The molecule has 1 aliphatic heterocycles. The Morgan fingerprint density at radius 2 is 2.00 bits per heavy atom. The van der Waals surface area contributed by atoms with Crippen molar-refractivity contribution in [2.24, 2.45) is 5.92 Å². The normalized spacial score (nSPS) is 13.7. The lowest BCUT2D eigenvalue weighted by molar-refractivity contribution is -0.125. The first-order valence-electron chi connectivity index (χ1n) is 8.86. The van der Waals surface area contributed by atoms with Crippen molar-refractivity contribution in [2.45, 2.75) is 20.4 Å². The Morgan fingerprint density at radius 1 is 1.30 bits per heavy atom. The Kier molecular flexibility index (Phi) is 6.34. The van der Waals surface area contributed by atoms with Crippen LogP contribution in [0.15, 0.2) is 47.3 Å². The summed E-state index contributed by atoms with van der Waals surface area (Å²) in [5.41, 5.74) is 1.96. The second-order valence-electron chi connectivity index (χ2n) is 6.02. The minimum absolute atomic E-state index is 0.0271. The summed E-state index contributed by atoms with van der Waals surface area (Å²) in [7, 11) is 0. The number of nitrogens with zero attached hydrogens (tertiary/aromatic N) is 4. The number of carbonyl (C=O) groups is 1. The van der Waals surface area contributed by atoms with Gasteiger partial charge in [0.1, 0.15) is 11.8 Å². The molecule has 142 valence electrons.